The van der Waals surface area contributed by atoms with Crippen molar-refractivity contribution < 1.29 is 9.47 Å². The largest absolute Gasteiger partial charge is 0.481 e. The molecule has 66 valence electrons. The Labute approximate surface area is 72.3 Å². The quantitative estimate of drug-likeness (QED) is 0.672. The first-order valence-electron chi connectivity index (χ1n) is 3.75. The summed E-state index contributed by atoms with van der Waals surface area (Å²) in [4.78, 5) is 4.16. The molecule has 1 aromatic heterocycles. The van der Waals surface area contributed by atoms with Crippen molar-refractivity contribution in [3.05, 3.63) is 17.2 Å². The summed E-state index contributed by atoms with van der Waals surface area (Å²) in [7, 11) is 3.20. The van der Waals surface area contributed by atoms with Crippen LogP contribution in [0.15, 0.2) is 6.07 Å². The molecule has 12 heavy (non-hydrogen) atoms. The minimum Gasteiger partial charge on any atom is -0.481 e. The summed E-state index contributed by atoms with van der Waals surface area (Å²) >= 11 is 0. The Morgan fingerprint density at radius 3 is 1.75 bits per heavy atom. The zero-order valence-electron chi connectivity index (χ0n) is 7.84. The van der Waals surface area contributed by atoms with Crippen molar-refractivity contribution in [3.63, 3.8) is 0 Å². The summed E-state index contributed by atoms with van der Waals surface area (Å²) in [5, 5.41) is 0. The van der Waals surface area contributed by atoms with Gasteiger partial charge in [-0.25, -0.2) is 0 Å². The molecule has 0 aliphatic heterocycles. The Bertz CT molecular complexity index is 259. The summed E-state index contributed by atoms with van der Waals surface area (Å²) in [5.41, 5.74) is 2.05. The molecule has 0 aromatic carbocycles. The van der Waals surface area contributed by atoms with Gasteiger partial charge in [-0.05, 0) is 19.9 Å². The van der Waals surface area contributed by atoms with Crippen LogP contribution in [0.1, 0.15) is 11.1 Å². The Balaban J connectivity index is 3.18. The first-order chi connectivity index (χ1) is 5.69. The van der Waals surface area contributed by atoms with Gasteiger partial charge < -0.3 is 9.47 Å². The van der Waals surface area contributed by atoms with Crippen LogP contribution in [0, 0.1) is 13.8 Å². The minimum atomic E-state index is 0.623. The molecular weight excluding hydrogens is 154 g/mol. The predicted molar refractivity (Wildman–Crippen MR) is 46.8 cm³/mol. The first-order valence-corrected chi connectivity index (χ1v) is 3.75. The Kier molecular flexibility index (Phi) is 2.53. The van der Waals surface area contributed by atoms with Gasteiger partial charge >= 0.3 is 0 Å². The van der Waals surface area contributed by atoms with E-state index in [2.05, 4.69) is 4.98 Å². The molecule has 3 nitrogen and oxygen atoms in total. The summed E-state index contributed by atoms with van der Waals surface area (Å²) in [5.74, 6) is 1.25. The highest BCUT2D eigenvalue weighted by atomic mass is 16.5. The van der Waals surface area contributed by atoms with E-state index in [4.69, 9.17) is 9.47 Å². The van der Waals surface area contributed by atoms with Crippen LogP contribution in [0.2, 0.25) is 0 Å². The Morgan fingerprint density at radius 1 is 1.00 bits per heavy atom. The van der Waals surface area contributed by atoms with Crippen molar-refractivity contribution in [1.82, 2.24) is 4.98 Å². The maximum absolute atomic E-state index is 5.05. The fraction of sp³-hybridized carbons (Fsp3) is 0.444. The monoisotopic (exact) mass is 167 g/mol. The van der Waals surface area contributed by atoms with E-state index >= 15 is 0 Å². The Hall–Kier alpha value is -1.25. The third kappa shape index (κ3) is 1.49. The van der Waals surface area contributed by atoms with Crippen molar-refractivity contribution in [1.29, 1.82) is 0 Å². The summed E-state index contributed by atoms with van der Waals surface area (Å²) in [6, 6.07) is 1.99. The predicted octanol–water partition coefficient (Wildman–Crippen LogP) is 1.72. The molecule has 0 aliphatic carbocycles. The van der Waals surface area contributed by atoms with E-state index in [0.717, 1.165) is 11.1 Å². The third-order valence-electron chi connectivity index (χ3n) is 1.70. The van der Waals surface area contributed by atoms with Crippen molar-refractivity contribution in [2.75, 3.05) is 14.2 Å². The van der Waals surface area contributed by atoms with Gasteiger partial charge in [-0.2, -0.15) is 4.98 Å². The number of nitrogens with zero attached hydrogens (tertiary/aromatic N) is 1. The number of aromatic nitrogens is 1. The molecule has 0 saturated heterocycles. The normalized spacial score (nSPS) is 9.67. The standard InChI is InChI=1S/C9H13NO2/c1-6-5-7(2)9(12-4)10-8(6)11-3/h5H,1-4H3. The van der Waals surface area contributed by atoms with Crippen molar-refractivity contribution in [3.8, 4) is 11.8 Å². The highest BCUT2D eigenvalue weighted by Gasteiger charge is 2.05. The topological polar surface area (TPSA) is 31.4 Å². The Morgan fingerprint density at radius 2 is 1.42 bits per heavy atom. The number of pyridine rings is 1. The summed E-state index contributed by atoms with van der Waals surface area (Å²) in [6.07, 6.45) is 0. The molecule has 0 atom stereocenters. The lowest BCUT2D eigenvalue weighted by Crippen LogP contribution is -1.96. The zero-order valence-corrected chi connectivity index (χ0v) is 7.84. The molecule has 0 bridgehead atoms. The molecule has 0 saturated carbocycles. The van der Waals surface area contributed by atoms with Crippen LogP contribution in [-0.2, 0) is 0 Å². The lowest BCUT2D eigenvalue weighted by atomic mass is 10.2. The third-order valence-corrected chi connectivity index (χ3v) is 1.70. The molecule has 0 fully saturated rings. The lowest BCUT2D eigenvalue weighted by molar-refractivity contribution is 0.360. The van der Waals surface area contributed by atoms with Gasteiger partial charge in [0.15, 0.2) is 0 Å². The van der Waals surface area contributed by atoms with Gasteiger partial charge in [0.2, 0.25) is 11.8 Å². The smallest absolute Gasteiger partial charge is 0.219 e. The fourth-order valence-electron chi connectivity index (χ4n) is 1.13. The maximum Gasteiger partial charge on any atom is 0.219 e. The number of hydrogen-bond donors (Lipinski definition) is 0. The van der Waals surface area contributed by atoms with E-state index in [1.807, 2.05) is 19.9 Å². The molecule has 0 aliphatic rings. The van der Waals surface area contributed by atoms with Crippen molar-refractivity contribution >= 4 is 0 Å². The van der Waals surface area contributed by atoms with Gasteiger partial charge in [-0.3, -0.25) is 0 Å². The average Bonchev–Trinajstić information content (AvgIpc) is 2.05. The van der Waals surface area contributed by atoms with Crippen molar-refractivity contribution in [2.45, 2.75) is 13.8 Å². The first kappa shape index (κ1) is 8.84. The van der Waals surface area contributed by atoms with Crippen LogP contribution in [0.25, 0.3) is 0 Å². The van der Waals surface area contributed by atoms with Crippen LogP contribution in [0.4, 0.5) is 0 Å². The molecule has 0 spiro atoms. The SMILES string of the molecule is COc1nc(OC)c(C)cc1C. The molecule has 1 heterocycles. The molecule has 1 aromatic rings. The molecule has 0 amide bonds. The second-order valence-corrected chi connectivity index (χ2v) is 2.64. The number of methoxy groups -OCH3 is 2. The minimum absolute atomic E-state index is 0.623. The number of rotatable bonds is 2. The molecule has 0 N–H and O–H groups in total. The summed E-state index contributed by atoms with van der Waals surface area (Å²) in [6.45, 7) is 3.91. The van der Waals surface area contributed by atoms with Gasteiger partial charge in [-0.1, -0.05) is 0 Å². The highest BCUT2D eigenvalue weighted by Crippen LogP contribution is 2.22. The van der Waals surface area contributed by atoms with Crippen LogP contribution >= 0.6 is 0 Å². The molecule has 0 radical (unpaired) electrons. The second-order valence-electron chi connectivity index (χ2n) is 2.64. The van der Waals surface area contributed by atoms with E-state index in [-0.39, 0.29) is 0 Å². The number of ether oxygens (including phenoxy) is 2. The maximum atomic E-state index is 5.05. The van der Waals surface area contributed by atoms with Gasteiger partial charge in [0.1, 0.15) is 0 Å². The van der Waals surface area contributed by atoms with Crippen molar-refractivity contribution in [2.24, 2.45) is 0 Å². The van der Waals surface area contributed by atoms with Gasteiger partial charge in [0.05, 0.1) is 14.2 Å². The molecule has 1 rings (SSSR count). The van der Waals surface area contributed by atoms with E-state index in [1.54, 1.807) is 14.2 Å². The van der Waals surface area contributed by atoms with Gasteiger partial charge in [0.25, 0.3) is 0 Å². The van der Waals surface area contributed by atoms with Crippen LogP contribution in [0.3, 0.4) is 0 Å². The number of hydrogen-bond acceptors (Lipinski definition) is 3. The second kappa shape index (κ2) is 3.43. The molecule has 0 unspecified atom stereocenters. The lowest BCUT2D eigenvalue weighted by Gasteiger charge is -2.07. The average molecular weight is 167 g/mol. The number of aryl methyl sites for hydroxylation is 2. The van der Waals surface area contributed by atoms with E-state index in [1.165, 1.54) is 0 Å². The summed E-state index contributed by atoms with van der Waals surface area (Å²) < 4.78 is 10.1. The molecule has 3 heteroatoms. The van der Waals surface area contributed by atoms with E-state index in [9.17, 15) is 0 Å². The van der Waals surface area contributed by atoms with E-state index < -0.39 is 0 Å². The molecular formula is C9H13NO2. The van der Waals surface area contributed by atoms with Gasteiger partial charge in [-0.15, -0.1) is 0 Å². The van der Waals surface area contributed by atoms with Crippen LogP contribution < -0.4 is 9.47 Å². The van der Waals surface area contributed by atoms with Crippen LogP contribution in [-0.4, -0.2) is 19.2 Å². The highest BCUT2D eigenvalue weighted by molar-refractivity contribution is 5.35. The van der Waals surface area contributed by atoms with Crippen LogP contribution in [0.5, 0.6) is 11.8 Å². The zero-order chi connectivity index (χ0) is 9.14. The fourth-order valence-corrected chi connectivity index (χ4v) is 1.13. The van der Waals surface area contributed by atoms with Gasteiger partial charge in [0, 0.05) is 11.1 Å². The van der Waals surface area contributed by atoms with E-state index in [0.29, 0.717) is 11.8 Å².